The molecule has 0 saturated carbocycles. The normalized spacial score (nSPS) is 16.6. The molecule has 0 amide bonds. The molecule has 0 unspecified atom stereocenters. The third-order valence-electron chi connectivity index (χ3n) is 5.82. The lowest BCUT2D eigenvalue weighted by Crippen LogP contribution is -2.24. The maximum Gasteiger partial charge on any atom is 0.0950 e. The van der Waals surface area contributed by atoms with Gasteiger partial charge in [0.1, 0.15) is 0 Å². The number of fused-ring (bicyclic) bond motifs is 4. The Bertz CT molecular complexity index is 987. The zero-order valence-electron chi connectivity index (χ0n) is 15.0. The third kappa shape index (κ3) is 1.91. The molecule has 2 nitrogen and oxygen atoms in total. The molecular weight excluding hydrogens is 304 g/mol. The van der Waals surface area contributed by atoms with Crippen molar-refractivity contribution in [1.82, 2.24) is 0 Å². The Hall–Kier alpha value is -2.74. The second-order valence-corrected chi connectivity index (χ2v) is 7.66. The Morgan fingerprint density at radius 2 is 1.44 bits per heavy atom. The van der Waals surface area contributed by atoms with Crippen LogP contribution in [0.2, 0.25) is 0 Å². The monoisotopic (exact) mass is 326 g/mol. The lowest BCUT2D eigenvalue weighted by Gasteiger charge is -2.25. The van der Waals surface area contributed by atoms with E-state index in [1.807, 2.05) is 0 Å². The molecule has 25 heavy (non-hydrogen) atoms. The van der Waals surface area contributed by atoms with Gasteiger partial charge in [0.05, 0.1) is 18.0 Å². The summed E-state index contributed by atoms with van der Waals surface area (Å²) in [5.74, 6) is 0. The maximum atomic E-state index is 2.41. The summed E-state index contributed by atoms with van der Waals surface area (Å²) in [5.41, 5.74) is 9.53. The molecule has 0 bridgehead atoms. The van der Waals surface area contributed by atoms with Crippen molar-refractivity contribution in [2.45, 2.75) is 19.3 Å². The highest BCUT2D eigenvalue weighted by molar-refractivity contribution is 5.86. The fourth-order valence-electron chi connectivity index (χ4n) is 4.46. The molecule has 0 radical (unpaired) electrons. The van der Waals surface area contributed by atoms with Crippen LogP contribution in [0.5, 0.6) is 0 Å². The van der Waals surface area contributed by atoms with Crippen LogP contribution in [0.25, 0.3) is 11.1 Å². The van der Waals surface area contributed by atoms with Crippen LogP contribution in [0.1, 0.15) is 25.0 Å². The van der Waals surface area contributed by atoms with Crippen molar-refractivity contribution in [1.29, 1.82) is 0 Å². The Labute approximate surface area is 149 Å². The summed E-state index contributed by atoms with van der Waals surface area (Å²) >= 11 is 0. The van der Waals surface area contributed by atoms with Gasteiger partial charge in [-0.05, 0) is 46.5 Å². The van der Waals surface area contributed by atoms with Crippen LogP contribution >= 0.6 is 0 Å². The van der Waals surface area contributed by atoms with Gasteiger partial charge in [0.2, 0.25) is 0 Å². The fourth-order valence-corrected chi connectivity index (χ4v) is 4.46. The number of anilines is 3. The highest BCUT2D eigenvalue weighted by Crippen LogP contribution is 2.50. The van der Waals surface area contributed by atoms with E-state index >= 15 is 0 Å². The Kier molecular flexibility index (Phi) is 2.85. The zero-order valence-corrected chi connectivity index (χ0v) is 15.0. The predicted molar refractivity (Wildman–Crippen MR) is 106 cm³/mol. The topological polar surface area (TPSA) is 6.48 Å². The minimum Gasteiger partial charge on any atom is -0.355 e. The first-order chi connectivity index (χ1) is 12.1. The van der Waals surface area contributed by atoms with E-state index in [9.17, 15) is 0 Å². The first kappa shape index (κ1) is 14.6. The van der Waals surface area contributed by atoms with Crippen molar-refractivity contribution in [3.8, 4) is 11.1 Å². The molecule has 3 aromatic rings. The minimum absolute atomic E-state index is 0.0487. The molecule has 3 aromatic carbocycles. The predicted octanol–water partition coefficient (Wildman–Crippen LogP) is 5.54. The molecule has 1 aliphatic heterocycles. The molecule has 2 aliphatic rings. The molecule has 124 valence electrons. The van der Waals surface area contributed by atoms with Gasteiger partial charge in [0, 0.05) is 18.2 Å². The van der Waals surface area contributed by atoms with Crippen LogP contribution in [0.4, 0.5) is 17.1 Å². The lowest BCUT2D eigenvalue weighted by molar-refractivity contribution is 0.660. The molecule has 0 atom stereocenters. The van der Waals surface area contributed by atoms with E-state index in [0.717, 1.165) is 6.67 Å². The molecule has 0 N–H and O–H groups in total. The van der Waals surface area contributed by atoms with Gasteiger partial charge in [-0.1, -0.05) is 56.3 Å². The van der Waals surface area contributed by atoms with E-state index in [1.54, 1.807) is 0 Å². The summed E-state index contributed by atoms with van der Waals surface area (Å²) in [7, 11) is 2.16. The number of hydrogen-bond donors (Lipinski definition) is 0. The standard InChI is InChI=1S/C23H22N2/c1-23(2)19-9-5-4-8-17(19)18-13-12-16(14-20(18)23)25-15-24(3)21-10-6-7-11-22(21)25/h4-14H,15H2,1-3H3. The van der Waals surface area contributed by atoms with Crippen LogP contribution in [0, 0.1) is 0 Å². The van der Waals surface area contributed by atoms with Gasteiger partial charge >= 0.3 is 0 Å². The van der Waals surface area contributed by atoms with Gasteiger partial charge in [0.15, 0.2) is 0 Å². The van der Waals surface area contributed by atoms with E-state index < -0.39 is 0 Å². The van der Waals surface area contributed by atoms with Crippen molar-refractivity contribution < 1.29 is 0 Å². The molecule has 1 aliphatic carbocycles. The van der Waals surface area contributed by atoms with Crippen LogP contribution in [-0.4, -0.2) is 13.7 Å². The fraction of sp³-hybridized carbons (Fsp3) is 0.217. The van der Waals surface area contributed by atoms with E-state index in [-0.39, 0.29) is 5.41 Å². The average molecular weight is 326 g/mol. The summed E-state index contributed by atoms with van der Waals surface area (Å²) in [5, 5.41) is 0. The highest BCUT2D eigenvalue weighted by atomic mass is 15.4. The molecule has 0 saturated heterocycles. The van der Waals surface area contributed by atoms with Gasteiger partial charge in [-0.3, -0.25) is 0 Å². The largest absolute Gasteiger partial charge is 0.355 e. The van der Waals surface area contributed by atoms with Crippen molar-refractivity contribution in [3.63, 3.8) is 0 Å². The molecular formula is C23H22N2. The molecule has 5 rings (SSSR count). The summed E-state index contributed by atoms with van der Waals surface area (Å²) in [4.78, 5) is 4.72. The quantitative estimate of drug-likeness (QED) is 0.579. The maximum absolute atomic E-state index is 2.41. The van der Waals surface area contributed by atoms with Gasteiger partial charge in [-0.25, -0.2) is 0 Å². The second-order valence-electron chi connectivity index (χ2n) is 7.66. The SMILES string of the molecule is CN1CN(c2ccc3c(c2)C(C)(C)c2ccccc2-3)c2ccccc21. The van der Waals surface area contributed by atoms with Crippen molar-refractivity contribution in [2.75, 3.05) is 23.5 Å². The van der Waals surface area contributed by atoms with Crippen LogP contribution in [0.3, 0.4) is 0 Å². The van der Waals surface area contributed by atoms with E-state index in [4.69, 9.17) is 0 Å². The Morgan fingerprint density at radius 3 is 2.28 bits per heavy atom. The second kappa shape index (κ2) is 4.89. The van der Waals surface area contributed by atoms with Gasteiger partial charge in [-0.15, -0.1) is 0 Å². The van der Waals surface area contributed by atoms with Crippen LogP contribution < -0.4 is 9.80 Å². The van der Waals surface area contributed by atoms with Crippen molar-refractivity contribution in [2.24, 2.45) is 0 Å². The summed E-state index contributed by atoms with van der Waals surface area (Å²) in [6.45, 7) is 5.57. The number of para-hydroxylation sites is 2. The van der Waals surface area contributed by atoms with Crippen molar-refractivity contribution >= 4 is 17.1 Å². The van der Waals surface area contributed by atoms with Gasteiger partial charge in [-0.2, -0.15) is 0 Å². The van der Waals surface area contributed by atoms with Crippen LogP contribution in [0.15, 0.2) is 66.7 Å². The van der Waals surface area contributed by atoms with E-state index in [0.29, 0.717) is 0 Å². The first-order valence-electron chi connectivity index (χ1n) is 8.89. The summed E-state index contributed by atoms with van der Waals surface area (Å²) in [6.07, 6.45) is 0. The van der Waals surface area contributed by atoms with E-state index in [1.165, 1.54) is 39.3 Å². The first-order valence-corrected chi connectivity index (χ1v) is 8.89. The number of hydrogen-bond acceptors (Lipinski definition) is 2. The van der Waals surface area contributed by atoms with Gasteiger partial charge < -0.3 is 9.80 Å². The molecule has 0 fully saturated rings. The number of rotatable bonds is 1. The summed E-state index contributed by atoms with van der Waals surface area (Å²) in [6, 6.07) is 24.4. The highest BCUT2D eigenvalue weighted by Gasteiger charge is 2.36. The average Bonchev–Trinajstić information content (AvgIpc) is 3.09. The summed E-state index contributed by atoms with van der Waals surface area (Å²) < 4.78 is 0. The molecule has 0 spiro atoms. The zero-order chi connectivity index (χ0) is 17.2. The lowest BCUT2D eigenvalue weighted by atomic mass is 9.82. The smallest absolute Gasteiger partial charge is 0.0950 e. The van der Waals surface area contributed by atoms with Crippen molar-refractivity contribution in [3.05, 3.63) is 77.9 Å². The Morgan fingerprint density at radius 1 is 0.760 bits per heavy atom. The van der Waals surface area contributed by atoms with Crippen LogP contribution in [-0.2, 0) is 5.41 Å². The number of nitrogens with zero attached hydrogens (tertiary/aromatic N) is 2. The van der Waals surface area contributed by atoms with E-state index in [2.05, 4.69) is 97.4 Å². The molecule has 2 heteroatoms. The number of benzene rings is 3. The Balaban J connectivity index is 1.65. The van der Waals surface area contributed by atoms with Gasteiger partial charge in [0.25, 0.3) is 0 Å². The minimum atomic E-state index is 0.0487. The third-order valence-corrected chi connectivity index (χ3v) is 5.82. The molecule has 0 aromatic heterocycles. The molecule has 1 heterocycles.